The van der Waals surface area contributed by atoms with E-state index in [1.54, 1.807) is 6.92 Å². The van der Waals surface area contributed by atoms with E-state index >= 15 is 0 Å². The number of hydrogen-bond donors (Lipinski definition) is 1. The van der Waals surface area contributed by atoms with Gasteiger partial charge in [0, 0.05) is 34.6 Å². The number of phenolic OH excluding ortho intramolecular Hbond substituents is 1. The lowest BCUT2D eigenvalue weighted by molar-refractivity contribution is -0.155. The number of esters is 1. The third kappa shape index (κ3) is 7.65. The van der Waals surface area contributed by atoms with Crippen LogP contribution in [0.1, 0.15) is 121 Å². The molecule has 7 atom stereocenters. The number of rotatable bonds is 15. The molecular formula is C33H51FO4S. The molecule has 1 N–H and O–H groups in total. The maximum Gasteiger partial charge on any atom is 0.302 e. The Morgan fingerprint density at radius 2 is 1.72 bits per heavy atom. The number of halogens is 1. The smallest absolute Gasteiger partial charge is 0.302 e. The first-order valence-electron chi connectivity index (χ1n) is 15.7. The number of hydrogen-bond acceptors (Lipinski definition) is 4. The predicted molar refractivity (Wildman–Crippen MR) is 157 cm³/mol. The van der Waals surface area contributed by atoms with Crippen LogP contribution in [0.4, 0.5) is 4.39 Å². The fourth-order valence-corrected chi connectivity index (χ4v) is 9.67. The van der Waals surface area contributed by atoms with Gasteiger partial charge in [-0.1, -0.05) is 51.5 Å². The quantitative estimate of drug-likeness (QED) is 0.174. The molecule has 0 aliphatic heterocycles. The van der Waals surface area contributed by atoms with Gasteiger partial charge in [-0.2, -0.15) is 0 Å². The lowest BCUT2D eigenvalue weighted by Gasteiger charge is -2.53. The Morgan fingerprint density at radius 1 is 1.03 bits per heavy atom. The number of phenols is 1. The minimum absolute atomic E-state index is 0.0513. The summed E-state index contributed by atoms with van der Waals surface area (Å²) in [6.07, 6.45) is 16.4. The Hall–Kier alpha value is -1.43. The molecule has 1 aromatic rings. The van der Waals surface area contributed by atoms with E-state index < -0.39 is 10.8 Å². The zero-order valence-corrected chi connectivity index (χ0v) is 25.1. The fraction of sp³-hybridized carbons (Fsp3) is 0.788. The number of aromatic hydroxyl groups is 1. The van der Waals surface area contributed by atoms with E-state index in [0.717, 1.165) is 57.1 Å². The van der Waals surface area contributed by atoms with Gasteiger partial charge in [0.25, 0.3) is 0 Å². The zero-order chi connectivity index (χ0) is 27.8. The molecule has 0 amide bonds. The normalized spacial score (nSPS) is 30.3. The number of fused-ring (bicyclic) bond motifs is 5. The Balaban J connectivity index is 1.27. The van der Waals surface area contributed by atoms with Crippen molar-refractivity contribution in [1.29, 1.82) is 0 Å². The number of carbonyl (C=O) groups is 1. The molecule has 0 spiro atoms. The van der Waals surface area contributed by atoms with E-state index in [-0.39, 0.29) is 24.2 Å². The monoisotopic (exact) mass is 562 g/mol. The second-order valence-electron chi connectivity index (χ2n) is 12.9. The summed E-state index contributed by atoms with van der Waals surface area (Å²) in [5.41, 5.74) is 2.88. The third-order valence-corrected chi connectivity index (χ3v) is 11.8. The highest BCUT2D eigenvalue weighted by atomic mass is 32.2. The van der Waals surface area contributed by atoms with E-state index in [9.17, 15) is 18.5 Å². The summed E-state index contributed by atoms with van der Waals surface area (Å²) in [5.74, 6) is 4.06. The Labute approximate surface area is 238 Å². The van der Waals surface area contributed by atoms with Crippen molar-refractivity contribution in [3.8, 4) is 5.75 Å². The van der Waals surface area contributed by atoms with Crippen LogP contribution >= 0.6 is 0 Å². The largest absolute Gasteiger partial charge is 0.508 e. The minimum Gasteiger partial charge on any atom is -0.508 e. The van der Waals surface area contributed by atoms with Crippen LogP contribution in [0, 0.1) is 23.2 Å². The first kappa shape index (κ1) is 30.5. The molecule has 3 aliphatic rings. The lowest BCUT2D eigenvalue weighted by atomic mass is 9.52. The Bertz CT molecular complexity index is 967. The predicted octanol–water partition coefficient (Wildman–Crippen LogP) is 8.03. The van der Waals surface area contributed by atoms with Crippen LogP contribution in [-0.4, -0.2) is 39.6 Å². The van der Waals surface area contributed by atoms with Crippen molar-refractivity contribution in [1.82, 2.24) is 0 Å². The van der Waals surface area contributed by atoms with E-state index in [2.05, 4.69) is 13.0 Å². The summed E-state index contributed by atoms with van der Waals surface area (Å²) >= 11 is 0. The highest BCUT2D eigenvalue weighted by Crippen LogP contribution is 2.63. The van der Waals surface area contributed by atoms with E-state index in [1.165, 1.54) is 49.7 Å². The summed E-state index contributed by atoms with van der Waals surface area (Å²) in [4.78, 5) is 11.9. The summed E-state index contributed by atoms with van der Waals surface area (Å²) < 4.78 is 30.0. The second kappa shape index (κ2) is 14.5. The van der Waals surface area contributed by atoms with Crippen molar-refractivity contribution >= 4 is 16.8 Å². The molecule has 2 fully saturated rings. The zero-order valence-electron chi connectivity index (χ0n) is 24.3. The highest BCUT2D eigenvalue weighted by Gasteiger charge is 2.57. The van der Waals surface area contributed by atoms with Gasteiger partial charge in [0.05, 0.1) is 6.67 Å². The van der Waals surface area contributed by atoms with E-state index in [0.29, 0.717) is 41.6 Å². The Kier molecular flexibility index (Phi) is 11.3. The molecule has 1 aromatic carbocycles. The van der Waals surface area contributed by atoms with Gasteiger partial charge in [-0.25, -0.2) is 0 Å². The molecule has 0 saturated heterocycles. The number of unbranched alkanes of at least 4 members (excludes halogenated alkanes) is 7. The van der Waals surface area contributed by atoms with E-state index in [4.69, 9.17) is 4.74 Å². The number of ether oxygens (including phenoxy) is 1. The average Bonchev–Trinajstić information content (AvgIpc) is 3.22. The SMILES string of the molecule is CC(=O)O[C@H]1CCC2C3C(CC[C@@]21C)c1ccc(O)cc1C[C@H]3CCCCCCCCCS(=O)CCCCF. The Morgan fingerprint density at radius 3 is 2.44 bits per heavy atom. The molecule has 0 radical (unpaired) electrons. The van der Waals surface area contributed by atoms with Crippen molar-refractivity contribution < 1.29 is 23.2 Å². The lowest BCUT2D eigenvalue weighted by Crippen LogP contribution is -2.48. The van der Waals surface area contributed by atoms with Crippen molar-refractivity contribution in [2.75, 3.05) is 18.2 Å². The van der Waals surface area contributed by atoms with Gasteiger partial charge in [0.15, 0.2) is 0 Å². The maximum absolute atomic E-state index is 12.2. The number of benzene rings is 1. The molecule has 0 bridgehead atoms. The molecule has 220 valence electrons. The van der Waals surface area contributed by atoms with Crippen LogP contribution in [0.5, 0.6) is 5.75 Å². The van der Waals surface area contributed by atoms with Crippen molar-refractivity contribution in [3.63, 3.8) is 0 Å². The molecule has 3 aliphatic carbocycles. The number of alkyl halides is 1. The van der Waals surface area contributed by atoms with Gasteiger partial charge in [-0.3, -0.25) is 13.4 Å². The highest BCUT2D eigenvalue weighted by molar-refractivity contribution is 7.84. The average molecular weight is 563 g/mol. The van der Waals surface area contributed by atoms with Crippen LogP contribution in [0.15, 0.2) is 18.2 Å². The van der Waals surface area contributed by atoms with Crippen molar-refractivity contribution in [2.45, 2.75) is 122 Å². The fourth-order valence-electron chi connectivity index (χ4n) is 8.42. The molecule has 0 heterocycles. The summed E-state index contributed by atoms with van der Waals surface area (Å²) in [6.45, 7) is 3.64. The van der Waals surface area contributed by atoms with Crippen LogP contribution in [0.2, 0.25) is 0 Å². The summed E-state index contributed by atoms with van der Waals surface area (Å²) in [6, 6.07) is 6.06. The minimum atomic E-state index is -0.773. The van der Waals surface area contributed by atoms with Gasteiger partial charge < -0.3 is 9.84 Å². The molecule has 4 unspecified atom stereocenters. The van der Waals surface area contributed by atoms with Crippen LogP contribution in [-0.2, 0) is 26.8 Å². The standard InChI is InChI=1S/C33H51FO4S/c1-24(35)38-31-16-15-30-32-25(12-8-6-4-3-5-7-10-20-39(37)21-11-9-19-34)22-26-23-27(36)13-14-28(26)29(32)17-18-33(30,31)2/h13-14,23,25,29-32,36H,3-12,15-22H2,1-2H3/t25-,29?,30?,31+,32?,33+,39?/m1/s1. The topological polar surface area (TPSA) is 63.6 Å². The maximum atomic E-state index is 12.2. The third-order valence-electron chi connectivity index (χ3n) is 10.3. The van der Waals surface area contributed by atoms with Gasteiger partial charge in [0.1, 0.15) is 11.9 Å². The molecule has 0 aromatic heterocycles. The van der Waals surface area contributed by atoms with Crippen molar-refractivity contribution in [3.05, 3.63) is 29.3 Å². The molecule has 4 nitrogen and oxygen atoms in total. The molecule has 39 heavy (non-hydrogen) atoms. The van der Waals surface area contributed by atoms with Crippen LogP contribution in [0.25, 0.3) is 0 Å². The molecule has 6 heteroatoms. The second-order valence-corrected chi connectivity index (χ2v) is 14.6. The summed E-state index contributed by atoms with van der Waals surface area (Å²) in [7, 11) is -0.773. The van der Waals surface area contributed by atoms with Crippen LogP contribution in [0.3, 0.4) is 0 Å². The molecule has 4 rings (SSSR count). The summed E-state index contributed by atoms with van der Waals surface area (Å²) in [5, 5.41) is 10.2. The van der Waals surface area contributed by atoms with Crippen molar-refractivity contribution in [2.24, 2.45) is 23.2 Å². The van der Waals surface area contributed by atoms with Crippen LogP contribution < -0.4 is 0 Å². The molecular weight excluding hydrogens is 511 g/mol. The van der Waals surface area contributed by atoms with E-state index in [1.807, 2.05) is 12.1 Å². The number of carbonyl (C=O) groups excluding carboxylic acids is 1. The van der Waals surface area contributed by atoms with Gasteiger partial charge >= 0.3 is 5.97 Å². The first-order chi connectivity index (χ1) is 18.8. The van der Waals surface area contributed by atoms with Gasteiger partial charge in [-0.05, 0) is 105 Å². The van der Waals surface area contributed by atoms with Gasteiger partial charge in [-0.15, -0.1) is 0 Å². The van der Waals surface area contributed by atoms with Gasteiger partial charge in [0.2, 0.25) is 0 Å². The first-order valence-corrected chi connectivity index (χ1v) is 17.2. The molecule has 2 saturated carbocycles.